The van der Waals surface area contributed by atoms with Gasteiger partial charge < -0.3 is 5.32 Å². The van der Waals surface area contributed by atoms with Crippen molar-refractivity contribution in [3.63, 3.8) is 0 Å². The SMILES string of the molecule is O=C1NC(=Cc2ccccc2)C(=O)N1CN1CCCC1. The molecule has 0 aliphatic carbocycles. The molecule has 2 aliphatic rings. The molecule has 2 saturated heterocycles. The van der Waals surface area contributed by atoms with E-state index < -0.39 is 0 Å². The van der Waals surface area contributed by atoms with Gasteiger partial charge in [0.15, 0.2) is 0 Å². The van der Waals surface area contributed by atoms with E-state index in [9.17, 15) is 9.59 Å². The maximum Gasteiger partial charge on any atom is 0.330 e. The first kappa shape index (κ1) is 12.9. The summed E-state index contributed by atoms with van der Waals surface area (Å²) in [6, 6.07) is 9.18. The third-order valence-corrected chi connectivity index (χ3v) is 3.61. The number of amides is 3. The Morgan fingerprint density at radius 1 is 1.10 bits per heavy atom. The van der Waals surface area contributed by atoms with E-state index in [2.05, 4.69) is 10.2 Å². The van der Waals surface area contributed by atoms with Gasteiger partial charge in [0.25, 0.3) is 5.91 Å². The van der Waals surface area contributed by atoms with Gasteiger partial charge in [-0.05, 0) is 37.6 Å². The number of nitrogens with zero attached hydrogens (tertiary/aromatic N) is 2. The van der Waals surface area contributed by atoms with Crippen molar-refractivity contribution in [2.24, 2.45) is 0 Å². The molecule has 3 amide bonds. The van der Waals surface area contributed by atoms with Gasteiger partial charge in [-0.2, -0.15) is 0 Å². The second-order valence-corrected chi connectivity index (χ2v) is 5.10. The highest BCUT2D eigenvalue weighted by Gasteiger charge is 2.34. The predicted octanol–water partition coefficient (Wildman–Crippen LogP) is 1.63. The summed E-state index contributed by atoms with van der Waals surface area (Å²) < 4.78 is 0. The first-order chi connectivity index (χ1) is 9.74. The molecular formula is C15H17N3O2. The molecule has 0 spiro atoms. The van der Waals surface area contributed by atoms with Crippen molar-refractivity contribution >= 4 is 18.0 Å². The van der Waals surface area contributed by atoms with Gasteiger partial charge in [-0.25, -0.2) is 9.69 Å². The molecule has 5 heteroatoms. The highest BCUT2D eigenvalue weighted by molar-refractivity contribution is 6.13. The van der Waals surface area contributed by atoms with Crippen LogP contribution in [0.15, 0.2) is 36.0 Å². The van der Waals surface area contributed by atoms with E-state index >= 15 is 0 Å². The highest BCUT2D eigenvalue weighted by Crippen LogP contribution is 2.16. The quantitative estimate of drug-likeness (QED) is 0.671. The number of hydrogen-bond donors (Lipinski definition) is 1. The highest BCUT2D eigenvalue weighted by atomic mass is 16.2. The van der Waals surface area contributed by atoms with Crippen molar-refractivity contribution in [1.82, 2.24) is 15.1 Å². The molecule has 0 atom stereocenters. The van der Waals surface area contributed by atoms with Gasteiger partial charge in [0.1, 0.15) is 5.70 Å². The average molecular weight is 271 g/mol. The van der Waals surface area contributed by atoms with E-state index in [1.54, 1.807) is 6.08 Å². The molecule has 1 N–H and O–H groups in total. The zero-order valence-corrected chi connectivity index (χ0v) is 11.2. The zero-order valence-electron chi connectivity index (χ0n) is 11.2. The van der Waals surface area contributed by atoms with E-state index in [1.807, 2.05) is 30.3 Å². The number of hydrogen-bond acceptors (Lipinski definition) is 3. The number of benzene rings is 1. The zero-order chi connectivity index (χ0) is 13.9. The number of carbonyl (C=O) groups excluding carboxylic acids is 2. The van der Waals surface area contributed by atoms with Crippen LogP contribution in [0.1, 0.15) is 18.4 Å². The van der Waals surface area contributed by atoms with Crippen LogP contribution in [0.5, 0.6) is 0 Å². The summed E-state index contributed by atoms with van der Waals surface area (Å²) in [6.45, 7) is 2.29. The van der Waals surface area contributed by atoms with Crippen LogP contribution in [-0.4, -0.2) is 41.5 Å². The molecule has 104 valence electrons. The van der Waals surface area contributed by atoms with Crippen LogP contribution < -0.4 is 5.32 Å². The van der Waals surface area contributed by atoms with Crippen LogP contribution >= 0.6 is 0 Å². The number of rotatable bonds is 3. The van der Waals surface area contributed by atoms with Crippen molar-refractivity contribution in [2.75, 3.05) is 19.8 Å². The minimum atomic E-state index is -0.330. The molecule has 0 unspecified atom stereocenters. The predicted molar refractivity (Wildman–Crippen MR) is 75.5 cm³/mol. The second-order valence-electron chi connectivity index (χ2n) is 5.10. The van der Waals surface area contributed by atoms with Crippen molar-refractivity contribution in [1.29, 1.82) is 0 Å². The Hall–Kier alpha value is -2.14. The van der Waals surface area contributed by atoms with Gasteiger partial charge in [0.2, 0.25) is 0 Å². The number of likely N-dealkylation sites (tertiary alicyclic amines) is 1. The fraction of sp³-hybridized carbons (Fsp3) is 0.333. The van der Waals surface area contributed by atoms with Crippen molar-refractivity contribution in [3.05, 3.63) is 41.6 Å². The van der Waals surface area contributed by atoms with Crippen LogP contribution in [0.2, 0.25) is 0 Å². The monoisotopic (exact) mass is 271 g/mol. The lowest BCUT2D eigenvalue weighted by Gasteiger charge is -2.20. The topological polar surface area (TPSA) is 52.7 Å². The lowest BCUT2D eigenvalue weighted by Crippen LogP contribution is -2.40. The Labute approximate surface area is 117 Å². The molecule has 3 rings (SSSR count). The maximum absolute atomic E-state index is 12.3. The van der Waals surface area contributed by atoms with Crippen LogP contribution in [0, 0.1) is 0 Å². The number of nitrogens with one attached hydrogen (secondary N) is 1. The molecule has 5 nitrogen and oxygen atoms in total. The van der Waals surface area contributed by atoms with Crippen molar-refractivity contribution < 1.29 is 9.59 Å². The first-order valence-electron chi connectivity index (χ1n) is 6.86. The molecule has 2 fully saturated rings. The molecule has 2 heterocycles. The Kier molecular flexibility index (Phi) is 3.52. The minimum absolute atomic E-state index is 0.245. The van der Waals surface area contributed by atoms with E-state index in [1.165, 1.54) is 4.90 Å². The Balaban J connectivity index is 1.74. The molecule has 0 bridgehead atoms. The van der Waals surface area contributed by atoms with Gasteiger partial charge in [0.05, 0.1) is 6.67 Å². The van der Waals surface area contributed by atoms with Gasteiger partial charge >= 0.3 is 6.03 Å². The summed E-state index contributed by atoms with van der Waals surface area (Å²) in [5, 5.41) is 2.65. The normalized spacial score (nSPS) is 21.8. The van der Waals surface area contributed by atoms with Crippen LogP contribution in [0.4, 0.5) is 4.79 Å². The van der Waals surface area contributed by atoms with Gasteiger partial charge in [0, 0.05) is 0 Å². The summed E-state index contributed by atoms with van der Waals surface area (Å²) in [6.07, 6.45) is 3.98. The van der Waals surface area contributed by atoms with Crippen LogP contribution in [0.3, 0.4) is 0 Å². The summed E-state index contributed by atoms with van der Waals surface area (Å²) in [4.78, 5) is 27.6. The van der Waals surface area contributed by atoms with Gasteiger partial charge in [-0.3, -0.25) is 9.69 Å². The molecule has 20 heavy (non-hydrogen) atoms. The lowest BCUT2D eigenvalue weighted by atomic mass is 10.2. The standard InChI is InChI=1S/C15H17N3O2/c19-14-13(10-12-6-2-1-3-7-12)16-15(20)18(14)11-17-8-4-5-9-17/h1-3,6-7,10H,4-5,8-9,11H2,(H,16,20). The first-order valence-corrected chi connectivity index (χ1v) is 6.86. The minimum Gasteiger partial charge on any atom is -0.303 e. The number of urea groups is 1. The molecule has 0 aromatic heterocycles. The van der Waals surface area contributed by atoms with Crippen LogP contribution in [0.25, 0.3) is 6.08 Å². The Morgan fingerprint density at radius 2 is 1.80 bits per heavy atom. The third kappa shape index (κ3) is 2.58. The molecule has 0 radical (unpaired) electrons. The van der Waals surface area contributed by atoms with Crippen molar-refractivity contribution in [2.45, 2.75) is 12.8 Å². The largest absolute Gasteiger partial charge is 0.330 e. The van der Waals surface area contributed by atoms with E-state index in [-0.39, 0.29) is 11.9 Å². The van der Waals surface area contributed by atoms with Crippen molar-refractivity contribution in [3.8, 4) is 0 Å². The summed E-state index contributed by atoms with van der Waals surface area (Å²) in [5.74, 6) is -0.245. The third-order valence-electron chi connectivity index (χ3n) is 3.61. The molecular weight excluding hydrogens is 254 g/mol. The Bertz CT molecular complexity index is 547. The molecule has 2 aliphatic heterocycles. The summed E-state index contributed by atoms with van der Waals surface area (Å²) >= 11 is 0. The smallest absolute Gasteiger partial charge is 0.303 e. The molecule has 1 aromatic carbocycles. The van der Waals surface area contributed by atoms with Crippen LogP contribution in [-0.2, 0) is 4.79 Å². The summed E-state index contributed by atoms with van der Waals surface area (Å²) in [7, 11) is 0. The molecule has 1 aromatic rings. The fourth-order valence-corrected chi connectivity index (χ4v) is 2.54. The van der Waals surface area contributed by atoms with E-state index in [0.717, 1.165) is 31.5 Å². The van der Waals surface area contributed by atoms with E-state index in [4.69, 9.17) is 0 Å². The number of imide groups is 1. The second kappa shape index (κ2) is 5.46. The fourth-order valence-electron chi connectivity index (χ4n) is 2.54. The molecule has 0 saturated carbocycles. The number of carbonyl (C=O) groups is 2. The average Bonchev–Trinajstić information content (AvgIpc) is 3.05. The van der Waals surface area contributed by atoms with Gasteiger partial charge in [-0.15, -0.1) is 0 Å². The van der Waals surface area contributed by atoms with Gasteiger partial charge in [-0.1, -0.05) is 30.3 Å². The van der Waals surface area contributed by atoms with E-state index in [0.29, 0.717) is 12.4 Å². The Morgan fingerprint density at radius 3 is 2.50 bits per heavy atom. The summed E-state index contributed by atoms with van der Waals surface area (Å²) in [5.41, 5.74) is 1.25. The lowest BCUT2D eigenvalue weighted by molar-refractivity contribution is -0.124. The maximum atomic E-state index is 12.3.